The first kappa shape index (κ1) is 18.8. The van der Waals surface area contributed by atoms with Gasteiger partial charge in [0.1, 0.15) is 0 Å². The largest absolute Gasteiger partial charge is 0.394 e. The predicted octanol–water partition coefficient (Wildman–Crippen LogP) is 3.23. The highest BCUT2D eigenvalue weighted by molar-refractivity contribution is 5.85. The number of hydrogen-bond donors (Lipinski definition) is 1. The molecule has 0 aromatic heterocycles. The second-order valence-corrected chi connectivity index (χ2v) is 7.85. The molecular weight excluding hydrogens is 329 g/mol. The SMILES string of the molecule is CNCCN(C)C(=O)C12CC3CC(C1)CC(C(F)(F)F)(C3)C2.Cl. The second-order valence-electron chi connectivity index (χ2n) is 7.85. The average Bonchev–Trinajstić information content (AvgIpc) is 2.41. The van der Waals surface area contributed by atoms with Crippen molar-refractivity contribution in [1.82, 2.24) is 10.2 Å². The van der Waals surface area contributed by atoms with Crippen molar-refractivity contribution in [2.24, 2.45) is 22.7 Å². The van der Waals surface area contributed by atoms with Crippen molar-refractivity contribution in [3.63, 3.8) is 0 Å². The number of amides is 1. The van der Waals surface area contributed by atoms with E-state index in [0.717, 1.165) is 6.42 Å². The second kappa shape index (κ2) is 6.10. The Hall–Kier alpha value is -0.490. The van der Waals surface area contributed by atoms with E-state index in [9.17, 15) is 18.0 Å². The Kier molecular flexibility index (Phi) is 5.00. The third-order valence-electron chi connectivity index (χ3n) is 6.16. The molecule has 23 heavy (non-hydrogen) atoms. The van der Waals surface area contributed by atoms with Crippen molar-refractivity contribution in [2.75, 3.05) is 27.2 Å². The number of nitrogens with one attached hydrogen (secondary N) is 1. The quantitative estimate of drug-likeness (QED) is 0.840. The van der Waals surface area contributed by atoms with Crippen LogP contribution in [0.4, 0.5) is 13.2 Å². The number of halogens is 4. The Morgan fingerprint density at radius 3 is 2.26 bits per heavy atom. The average molecular weight is 355 g/mol. The van der Waals surface area contributed by atoms with Gasteiger partial charge in [-0.2, -0.15) is 13.2 Å². The summed E-state index contributed by atoms with van der Waals surface area (Å²) in [4.78, 5) is 14.5. The fraction of sp³-hybridized carbons (Fsp3) is 0.938. The summed E-state index contributed by atoms with van der Waals surface area (Å²) in [5, 5.41) is 2.99. The molecule has 4 saturated carbocycles. The molecule has 7 heteroatoms. The molecule has 0 spiro atoms. The molecule has 4 aliphatic carbocycles. The van der Waals surface area contributed by atoms with E-state index in [1.54, 1.807) is 11.9 Å². The van der Waals surface area contributed by atoms with Gasteiger partial charge >= 0.3 is 6.18 Å². The lowest BCUT2D eigenvalue weighted by Gasteiger charge is -2.61. The molecule has 0 aromatic rings. The van der Waals surface area contributed by atoms with E-state index < -0.39 is 17.0 Å². The van der Waals surface area contributed by atoms with Gasteiger partial charge in [0.05, 0.1) is 10.8 Å². The first-order valence-corrected chi connectivity index (χ1v) is 8.18. The molecule has 134 valence electrons. The first-order chi connectivity index (χ1) is 10.2. The van der Waals surface area contributed by atoms with E-state index in [-0.39, 0.29) is 49.4 Å². The number of hydrogen-bond acceptors (Lipinski definition) is 2. The lowest BCUT2D eigenvalue weighted by Crippen LogP contribution is -2.61. The fourth-order valence-corrected chi connectivity index (χ4v) is 5.63. The lowest BCUT2D eigenvalue weighted by atomic mass is 9.43. The monoisotopic (exact) mass is 354 g/mol. The van der Waals surface area contributed by atoms with Gasteiger partial charge in [-0.3, -0.25) is 4.79 Å². The van der Waals surface area contributed by atoms with E-state index in [0.29, 0.717) is 25.9 Å². The molecule has 4 bridgehead atoms. The van der Waals surface area contributed by atoms with Crippen molar-refractivity contribution in [1.29, 1.82) is 0 Å². The van der Waals surface area contributed by atoms with Gasteiger partial charge in [0.25, 0.3) is 0 Å². The van der Waals surface area contributed by atoms with E-state index in [1.165, 1.54) is 0 Å². The summed E-state index contributed by atoms with van der Waals surface area (Å²) in [6.07, 6.45) is -1.50. The van der Waals surface area contributed by atoms with Crippen molar-refractivity contribution in [3.05, 3.63) is 0 Å². The lowest BCUT2D eigenvalue weighted by molar-refractivity contribution is -0.284. The maximum atomic E-state index is 13.7. The zero-order valence-corrected chi connectivity index (χ0v) is 14.5. The molecule has 3 nitrogen and oxygen atoms in total. The number of nitrogens with zero attached hydrogens (tertiary/aromatic N) is 1. The van der Waals surface area contributed by atoms with Crippen LogP contribution in [-0.4, -0.2) is 44.2 Å². The van der Waals surface area contributed by atoms with Crippen molar-refractivity contribution < 1.29 is 18.0 Å². The van der Waals surface area contributed by atoms with Crippen LogP contribution >= 0.6 is 12.4 Å². The van der Waals surface area contributed by atoms with Gasteiger partial charge in [-0.25, -0.2) is 0 Å². The van der Waals surface area contributed by atoms with E-state index in [1.807, 2.05) is 7.05 Å². The first-order valence-electron chi connectivity index (χ1n) is 8.18. The number of rotatable bonds is 4. The summed E-state index contributed by atoms with van der Waals surface area (Å²) in [5.41, 5.74) is -2.36. The minimum absolute atomic E-state index is 0. The smallest absolute Gasteiger partial charge is 0.344 e. The predicted molar refractivity (Wildman–Crippen MR) is 84.4 cm³/mol. The third kappa shape index (κ3) is 2.97. The molecule has 0 radical (unpaired) electrons. The molecule has 2 atom stereocenters. The Bertz CT molecular complexity index is 455. The minimum Gasteiger partial charge on any atom is -0.344 e. The van der Waals surface area contributed by atoms with Gasteiger partial charge in [0.2, 0.25) is 5.91 Å². The highest BCUT2D eigenvalue weighted by atomic mass is 35.5. The molecule has 0 aromatic carbocycles. The zero-order chi connectivity index (χ0) is 16.2. The van der Waals surface area contributed by atoms with Gasteiger partial charge in [-0.15, -0.1) is 12.4 Å². The summed E-state index contributed by atoms with van der Waals surface area (Å²) in [6, 6.07) is 0. The summed E-state index contributed by atoms with van der Waals surface area (Å²) in [5.74, 6) is 0.0829. The molecule has 1 N–H and O–H groups in total. The van der Waals surface area contributed by atoms with Crippen LogP contribution in [0.3, 0.4) is 0 Å². The molecular formula is C16H26ClF3N2O. The van der Waals surface area contributed by atoms with Gasteiger partial charge < -0.3 is 10.2 Å². The number of carbonyl (C=O) groups excluding carboxylic acids is 1. The highest BCUT2D eigenvalue weighted by Crippen LogP contribution is 2.69. The Morgan fingerprint density at radius 2 is 1.78 bits per heavy atom. The maximum absolute atomic E-state index is 13.7. The van der Waals surface area contributed by atoms with Crippen LogP contribution in [0.15, 0.2) is 0 Å². The number of likely N-dealkylation sites (N-methyl/N-ethyl adjacent to an activating group) is 2. The Labute approximate surface area is 141 Å². The Morgan fingerprint density at radius 1 is 1.22 bits per heavy atom. The van der Waals surface area contributed by atoms with Gasteiger partial charge in [0, 0.05) is 20.1 Å². The molecule has 1 amide bonds. The molecule has 4 aliphatic rings. The molecule has 0 heterocycles. The number of alkyl halides is 3. The van der Waals surface area contributed by atoms with Crippen LogP contribution in [0.1, 0.15) is 38.5 Å². The molecule has 0 aliphatic heterocycles. The summed E-state index contributed by atoms with van der Waals surface area (Å²) in [7, 11) is 3.53. The summed E-state index contributed by atoms with van der Waals surface area (Å²) < 4.78 is 41.1. The van der Waals surface area contributed by atoms with Crippen LogP contribution in [0.2, 0.25) is 0 Å². The van der Waals surface area contributed by atoms with Crippen LogP contribution in [-0.2, 0) is 4.79 Å². The number of carbonyl (C=O) groups is 1. The molecule has 0 saturated heterocycles. The van der Waals surface area contributed by atoms with Crippen LogP contribution in [0.25, 0.3) is 0 Å². The standard InChI is InChI=1S/C16H25F3N2O.ClH/c1-20-3-4-21(2)13(22)14-6-11-5-12(7-14)9-15(8-11,10-14)16(17,18)19;/h11-12,20H,3-10H2,1-2H3;1H. The summed E-state index contributed by atoms with van der Waals surface area (Å²) >= 11 is 0. The van der Waals surface area contributed by atoms with E-state index in [4.69, 9.17) is 0 Å². The molecule has 2 unspecified atom stereocenters. The topological polar surface area (TPSA) is 32.3 Å². The Balaban J connectivity index is 0.00000192. The van der Waals surface area contributed by atoms with E-state index >= 15 is 0 Å². The van der Waals surface area contributed by atoms with Crippen molar-refractivity contribution in [2.45, 2.75) is 44.7 Å². The van der Waals surface area contributed by atoms with Crippen LogP contribution in [0, 0.1) is 22.7 Å². The fourth-order valence-electron chi connectivity index (χ4n) is 5.63. The van der Waals surface area contributed by atoms with Gasteiger partial charge in [-0.1, -0.05) is 0 Å². The highest BCUT2D eigenvalue weighted by Gasteiger charge is 2.69. The minimum atomic E-state index is -4.18. The van der Waals surface area contributed by atoms with Crippen molar-refractivity contribution >= 4 is 18.3 Å². The van der Waals surface area contributed by atoms with Gasteiger partial charge in [-0.05, 0) is 57.4 Å². The third-order valence-corrected chi connectivity index (χ3v) is 6.16. The van der Waals surface area contributed by atoms with E-state index in [2.05, 4.69) is 5.32 Å². The normalized spacial score (nSPS) is 38.3. The maximum Gasteiger partial charge on any atom is 0.394 e. The molecule has 4 fully saturated rings. The van der Waals surface area contributed by atoms with Gasteiger partial charge in [0.15, 0.2) is 0 Å². The summed E-state index contributed by atoms with van der Waals surface area (Å²) in [6.45, 7) is 1.21. The van der Waals surface area contributed by atoms with Crippen LogP contribution in [0.5, 0.6) is 0 Å². The zero-order valence-electron chi connectivity index (χ0n) is 13.7. The van der Waals surface area contributed by atoms with Crippen LogP contribution < -0.4 is 5.32 Å². The van der Waals surface area contributed by atoms with Crippen molar-refractivity contribution in [3.8, 4) is 0 Å². The molecule has 4 rings (SSSR count).